The molecule has 10 heteroatoms. The second kappa shape index (κ2) is 12.4. The van der Waals surface area contributed by atoms with Crippen LogP contribution in [0.25, 0.3) is 11.1 Å². The summed E-state index contributed by atoms with van der Waals surface area (Å²) in [6.45, 7) is 2.14. The molecule has 0 aliphatic rings. The lowest BCUT2D eigenvalue weighted by Crippen LogP contribution is -2.32. The molecule has 1 aromatic heterocycles. The Morgan fingerprint density at radius 1 is 1.18 bits per heavy atom. The summed E-state index contributed by atoms with van der Waals surface area (Å²) < 4.78 is 41.6. The topological polar surface area (TPSA) is 95.7 Å². The SMILES string of the molecule is CCCCS(=O)(=O)CC(COCc1ccc(Cl)cc1)OC(=O)CSc1nc2ccccc2o1. The van der Waals surface area contributed by atoms with Crippen LogP contribution in [0.3, 0.4) is 0 Å². The Labute approximate surface area is 202 Å². The maximum Gasteiger partial charge on any atom is 0.316 e. The second-order valence-electron chi connectivity index (χ2n) is 7.46. The number of carbonyl (C=O) groups excluding carboxylic acids is 1. The number of unbranched alkanes of at least 4 members (excludes halogenated alkanes) is 1. The number of fused-ring (bicyclic) bond motifs is 1. The summed E-state index contributed by atoms with van der Waals surface area (Å²) in [7, 11) is -3.39. The van der Waals surface area contributed by atoms with Crippen molar-refractivity contribution in [2.75, 3.05) is 23.9 Å². The van der Waals surface area contributed by atoms with Crippen molar-refractivity contribution >= 4 is 50.3 Å². The van der Waals surface area contributed by atoms with Gasteiger partial charge in [0, 0.05) is 5.02 Å². The van der Waals surface area contributed by atoms with Crippen molar-refractivity contribution in [1.29, 1.82) is 0 Å². The molecular formula is C23H26ClNO6S2. The molecule has 0 saturated carbocycles. The molecular weight excluding hydrogens is 486 g/mol. The highest BCUT2D eigenvalue weighted by Crippen LogP contribution is 2.23. The number of nitrogens with zero attached hydrogens (tertiary/aromatic N) is 1. The molecule has 0 radical (unpaired) electrons. The van der Waals surface area contributed by atoms with Gasteiger partial charge in [-0.3, -0.25) is 4.79 Å². The molecule has 2 aromatic carbocycles. The monoisotopic (exact) mass is 511 g/mol. The van der Waals surface area contributed by atoms with Crippen LogP contribution >= 0.6 is 23.4 Å². The van der Waals surface area contributed by atoms with Crippen molar-refractivity contribution in [3.8, 4) is 0 Å². The predicted octanol–water partition coefficient (Wildman–Crippen LogP) is 4.92. The van der Waals surface area contributed by atoms with E-state index in [4.69, 9.17) is 25.5 Å². The van der Waals surface area contributed by atoms with Crippen LogP contribution in [0, 0.1) is 0 Å². The molecule has 1 heterocycles. The van der Waals surface area contributed by atoms with Crippen molar-refractivity contribution in [3.63, 3.8) is 0 Å². The van der Waals surface area contributed by atoms with Crippen LogP contribution in [0.15, 0.2) is 58.2 Å². The Balaban J connectivity index is 1.56. The molecule has 33 heavy (non-hydrogen) atoms. The lowest BCUT2D eigenvalue weighted by Gasteiger charge is -2.18. The molecule has 0 saturated heterocycles. The van der Waals surface area contributed by atoms with Gasteiger partial charge >= 0.3 is 5.97 Å². The largest absolute Gasteiger partial charge is 0.458 e. The molecule has 0 aliphatic heterocycles. The summed E-state index contributed by atoms with van der Waals surface area (Å²) >= 11 is 6.98. The van der Waals surface area contributed by atoms with E-state index in [0.29, 0.717) is 27.8 Å². The molecule has 178 valence electrons. The minimum atomic E-state index is -3.39. The number of ether oxygens (including phenoxy) is 2. The number of sulfone groups is 1. The summed E-state index contributed by atoms with van der Waals surface area (Å²) in [4.78, 5) is 16.7. The summed E-state index contributed by atoms with van der Waals surface area (Å²) in [5.74, 6) is -0.859. The first-order chi connectivity index (χ1) is 15.8. The molecule has 3 rings (SSSR count). The zero-order chi connectivity index (χ0) is 23.7. The Morgan fingerprint density at radius 3 is 2.67 bits per heavy atom. The maximum absolute atomic E-state index is 12.4. The van der Waals surface area contributed by atoms with E-state index in [1.807, 2.05) is 37.3 Å². The number of esters is 1. The molecule has 0 amide bonds. The van der Waals surface area contributed by atoms with Crippen LogP contribution in [-0.4, -0.2) is 49.3 Å². The van der Waals surface area contributed by atoms with Gasteiger partial charge in [0.25, 0.3) is 5.22 Å². The minimum absolute atomic E-state index is 0.0344. The number of hydrogen-bond acceptors (Lipinski definition) is 8. The molecule has 3 aromatic rings. The molecule has 0 spiro atoms. The van der Waals surface area contributed by atoms with Gasteiger partial charge in [-0.25, -0.2) is 13.4 Å². The third kappa shape index (κ3) is 8.66. The Bertz CT molecular complexity index is 1110. The number of hydrogen-bond donors (Lipinski definition) is 0. The first-order valence-corrected chi connectivity index (χ1v) is 13.7. The molecule has 0 bridgehead atoms. The fourth-order valence-electron chi connectivity index (χ4n) is 2.99. The van der Waals surface area contributed by atoms with E-state index < -0.39 is 21.9 Å². The van der Waals surface area contributed by atoms with Crippen LogP contribution in [-0.2, 0) is 30.7 Å². The average molecular weight is 512 g/mol. The van der Waals surface area contributed by atoms with Crippen LogP contribution in [0.2, 0.25) is 5.02 Å². The molecule has 7 nitrogen and oxygen atoms in total. The standard InChI is InChI=1S/C23H26ClNO6S2/c1-2-3-12-33(27,28)16-19(14-29-13-17-8-10-18(24)11-9-17)30-22(26)15-32-23-25-20-6-4-5-7-21(20)31-23/h4-11,19H,2-3,12-16H2,1H3. The number of benzene rings is 2. The number of carbonyl (C=O) groups is 1. The molecule has 1 unspecified atom stereocenters. The van der Waals surface area contributed by atoms with Gasteiger partial charge in [0.1, 0.15) is 17.4 Å². The van der Waals surface area contributed by atoms with Crippen LogP contribution < -0.4 is 0 Å². The number of oxazole rings is 1. The minimum Gasteiger partial charge on any atom is -0.458 e. The number of thioether (sulfide) groups is 1. The van der Waals surface area contributed by atoms with Gasteiger partial charge in [0.05, 0.1) is 24.7 Å². The highest BCUT2D eigenvalue weighted by molar-refractivity contribution is 7.99. The fraction of sp³-hybridized carbons (Fsp3) is 0.391. The normalized spacial score (nSPS) is 12.7. The van der Waals surface area contributed by atoms with Gasteiger partial charge in [-0.05, 0) is 36.2 Å². The average Bonchev–Trinajstić information content (AvgIpc) is 3.20. The molecule has 0 fully saturated rings. The van der Waals surface area contributed by atoms with Gasteiger partial charge in [-0.1, -0.05) is 61.0 Å². The smallest absolute Gasteiger partial charge is 0.316 e. The highest BCUT2D eigenvalue weighted by atomic mass is 35.5. The highest BCUT2D eigenvalue weighted by Gasteiger charge is 2.23. The van der Waals surface area contributed by atoms with Crippen molar-refractivity contribution in [2.24, 2.45) is 0 Å². The van der Waals surface area contributed by atoms with Crippen molar-refractivity contribution in [1.82, 2.24) is 4.98 Å². The first-order valence-electron chi connectivity index (χ1n) is 10.5. The van der Waals surface area contributed by atoms with E-state index in [1.165, 1.54) is 0 Å². The second-order valence-corrected chi connectivity index (χ2v) is 11.0. The lowest BCUT2D eigenvalue weighted by atomic mass is 10.2. The van der Waals surface area contributed by atoms with E-state index in [9.17, 15) is 13.2 Å². The molecule has 0 aliphatic carbocycles. The summed E-state index contributed by atoms with van der Waals surface area (Å²) in [6, 6.07) is 14.4. The maximum atomic E-state index is 12.4. The van der Waals surface area contributed by atoms with E-state index in [-0.39, 0.29) is 30.5 Å². The Kier molecular flexibility index (Phi) is 9.61. The van der Waals surface area contributed by atoms with Crippen LogP contribution in [0.4, 0.5) is 0 Å². The van der Waals surface area contributed by atoms with Gasteiger partial charge < -0.3 is 13.9 Å². The van der Waals surface area contributed by atoms with Crippen molar-refractivity contribution in [2.45, 2.75) is 37.7 Å². The first kappa shape index (κ1) is 25.6. The van der Waals surface area contributed by atoms with Crippen LogP contribution in [0.5, 0.6) is 0 Å². The van der Waals surface area contributed by atoms with Crippen LogP contribution in [0.1, 0.15) is 25.3 Å². The predicted molar refractivity (Wildman–Crippen MR) is 129 cm³/mol. The van der Waals surface area contributed by atoms with Crippen molar-refractivity contribution in [3.05, 3.63) is 59.1 Å². The lowest BCUT2D eigenvalue weighted by molar-refractivity contribution is -0.147. The van der Waals surface area contributed by atoms with Gasteiger partial charge in [0.15, 0.2) is 15.4 Å². The van der Waals surface area contributed by atoms with E-state index in [0.717, 1.165) is 23.7 Å². The number of halogens is 1. The zero-order valence-electron chi connectivity index (χ0n) is 18.2. The van der Waals surface area contributed by atoms with E-state index >= 15 is 0 Å². The van der Waals surface area contributed by atoms with Gasteiger partial charge in [0.2, 0.25) is 0 Å². The van der Waals surface area contributed by atoms with Crippen molar-refractivity contribution < 1.29 is 27.1 Å². The van der Waals surface area contributed by atoms with E-state index in [1.54, 1.807) is 18.2 Å². The number of aromatic nitrogens is 1. The molecule has 1 atom stereocenters. The zero-order valence-corrected chi connectivity index (χ0v) is 20.6. The Hall–Kier alpha value is -2.07. The number of para-hydroxylation sites is 2. The number of rotatable bonds is 13. The third-order valence-electron chi connectivity index (χ3n) is 4.62. The fourth-order valence-corrected chi connectivity index (χ4v) is 5.36. The molecule has 0 N–H and O–H groups in total. The summed E-state index contributed by atoms with van der Waals surface area (Å²) in [5.41, 5.74) is 2.21. The van der Waals surface area contributed by atoms with Gasteiger partial charge in [-0.15, -0.1) is 0 Å². The van der Waals surface area contributed by atoms with E-state index in [2.05, 4.69) is 4.98 Å². The summed E-state index contributed by atoms with van der Waals surface area (Å²) in [6.07, 6.45) is 0.413. The van der Waals surface area contributed by atoms with Gasteiger partial charge in [-0.2, -0.15) is 0 Å². The third-order valence-corrected chi connectivity index (χ3v) is 7.46. The quantitative estimate of drug-likeness (QED) is 0.236. The summed E-state index contributed by atoms with van der Waals surface area (Å²) in [5, 5.41) is 0.961. The Morgan fingerprint density at radius 2 is 1.94 bits per heavy atom.